The second kappa shape index (κ2) is 4.50. The summed E-state index contributed by atoms with van der Waals surface area (Å²) < 4.78 is 0. The van der Waals surface area contributed by atoms with E-state index in [1.54, 1.807) is 6.04 Å². The first-order valence-electron chi connectivity index (χ1n) is 5.51. The monoisotopic (exact) mass is 188 g/mol. The Labute approximate surface area is 86.7 Å². The molecule has 1 aromatic rings. The predicted molar refractivity (Wildman–Crippen MR) is 61.2 cm³/mol. The topological polar surface area (TPSA) is 3.24 Å². The third-order valence-electron chi connectivity index (χ3n) is 3.05. The fourth-order valence-electron chi connectivity index (χ4n) is 2.13. The summed E-state index contributed by atoms with van der Waals surface area (Å²) in [6.07, 6.45) is 6.71. The molecule has 0 atom stereocenters. The van der Waals surface area contributed by atoms with E-state index in [2.05, 4.69) is 42.3 Å². The Morgan fingerprint density at radius 2 is 1.57 bits per heavy atom. The smallest absolute Gasteiger partial charge is 0.0630 e. The minimum atomic E-state index is 1.28. The number of nitrogens with zero attached hydrogens (tertiary/aromatic N) is 1. The fraction of sp³-hybridized carbons (Fsp3) is 0.462. The molecule has 0 amide bonds. The van der Waals surface area contributed by atoms with Crippen molar-refractivity contribution in [1.29, 1.82) is 0 Å². The molecule has 1 aliphatic rings. The lowest BCUT2D eigenvalue weighted by molar-refractivity contribution is 0.518. The Bertz CT molecular complexity index is 262. The second-order valence-electron chi connectivity index (χ2n) is 4.02. The zero-order chi connectivity index (χ0) is 9.80. The number of hydrogen-bond donors (Lipinski definition) is 0. The summed E-state index contributed by atoms with van der Waals surface area (Å²) in [5.74, 6) is 0. The molecule has 1 nitrogen and oxygen atoms in total. The van der Waals surface area contributed by atoms with Crippen LogP contribution in [0, 0.1) is 6.04 Å². The van der Waals surface area contributed by atoms with E-state index in [-0.39, 0.29) is 0 Å². The summed E-state index contributed by atoms with van der Waals surface area (Å²) in [6, 6.07) is 12.2. The minimum Gasteiger partial charge on any atom is -0.367 e. The van der Waals surface area contributed by atoms with Crippen molar-refractivity contribution in [1.82, 2.24) is 0 Å². The van der Waals surface area contributed by atoms with Crippen molar-refractivity contribution in [2.75, 3.05) is 11.9 Å². The molecule has 1 aliphatic carbocycles. The SMILES string of the molecule is CN([C]1CCCCC1)c1ccccc1. The summed E-state index contributed by atoms with van der Waals surface area (Å²) >= 11 is 0. The van der Waals surface area contributed by atoms with Crippen LogP contribution in [0.5, 0.6) is 0 Å². The van der Waals surface area contributed by atoms with E-state index in [1.807, 2.05) is 0 Å². The van der Waals surface area contributed by atoms with Crippen LogP contribution in [0.15, 0.2) is 30.3 Å². The van der Waals surface area contributed by atoms with E-state index in [4.69, 9.17) is 0 Å². The Morgan fingerprint density at radius 1 is 0.929 bits per heavy atom. The standard InChI is InChI=1S/C13H18N/c1-14(12-8-4-2-5-9-12)13-10-6-3-7-11-13/h2,4-5,8-9H,3,6-7,10-11H2,1H3. The normalized spacial score (nSPS) is 18.1. The van der Waals surface area contributed by atoms with Crippen LogP contribution in [-0.2, 0) is 0 Å². The van der Waals surface area contributed by atoms with Crippen LogP contribution in [0.25, 0.3) is 0 Å². The zero-order valence-electron chi connectivity index (χ0n) is 8.87. The number of rotatable bonds is 2. The van der Waals surface area contributed by atoms with Crippen LogP contribution in [-0.4, -0.2) is 7.05 Å². The van der Waals surface area contributed by atoms with E-state index in [0.717, 1.165) is 0 Å². The van der Waals surface area contributed by atoms with Gasteiger partial charge in [-0.2, -0.15) is 0 Å². The summed E-state index contributed by atoms with van der Waals surface area (Å²) in [5, 5.41) is 0. The molecule has 75 valence electrons. The van der Waals surface area contributed by atoms with Gasteiger partial charge in [-0.15, -0.1) is 0 Å². The van der Waals surface area contributed by atoms with Crippen molar-refractivity contribution in [2.24, 2.45) is 0 Å². The number of anilines is 1. The highest BCUT2D eigenvalue weighted by Gasteiger charge is 2.18. The largest absolute Gasteiger partial charge is 0.367 e. The van der Waals surface area contributed by atoms with Crippen molar-refractivity contribution in [3.8, 4) is 0 Å². The second-order valence-corrected chi connectivity index (χ2v) is 4.02. The average molecular weight is 188 g/mol. The van der Waals surface area contributed by atoms with Gasteiger partial charge < -0.3 is 4.90 Å². The maximum Gasteiger partial charge on any atom is 0.0630 e. The van der Waals surface area contributed by atoms with Crippen molar-refractivity contribution in [3.63, 3.8) is 0 Å². The number of hydrogen-bond acceptors (Lipinski definition) is 1. The van der Waals surface area contributed by atoms with Gasteiger partial charge in [0.05, 0.1) is 6.04 Å². The quantitative estimate of drug-likeness (QED) is 0.685. The number of para-hydroxylation sites is 1. The third kappa shape index (κ3) is 2.09. The Hall–Kier alpha value is -0.980. The molecule has 1 fully saturated rings. The molecule has 1 aromatic carbocycles. The Morgan fingerprint density at radius 3 is 2.21 bits per heavy atom. The van der Waals surface area contributed by atoms with Crippen LogP contribution in [0.1, 0.15) is 32.1 Å². The molecule has 0 aliphatic heterocycles. The van der Waals surface area contributed by atoms with E-state index >= 15 is 0 Å². The van der Waals surface area contributed by atoms with E-state index in [1.165, 1.54) is 37.8 Å². The maximum atomic E-state index is 2.36. The highest BCUT2D eigenvalue weighted by molar-refractivity contribution is 5.49. The summed E-state index contributed by atoms with van der Waals surface area (Å²) in [6.45, 7) is 0. The Balaban J connectivity index is 2.03. The molecule has 2 rings (SSSR count). The van der Waals surface area contributed by atoms with Crippen molar-refractivity contribution in [2.45, 2.75) is 32.1 Å². The van der Waals surface area contributed by atoms with Crippen LogP contribution < -0.4 is 4.90 Å². The molecule has 1 saturated carbocycles. The molecule has 0 spiro atoms. The molecule has 0 N–H and O–H groups in total. The molecule has 0 aromatic heterocycles. The van der Waals surface area contributed by atoms with Crippen LogP contribution in [0.4, 0.5) is 5.69 Å². The van der Waals surface area contributed by atoms with E-state index in [9.17, 15) is 0 Å². The van der Waals surface area contributed by atoms with Gasteiger partial charge in [0.15, 0.2) is 0 Å². The lowest BCUT2D eigenvalue weighted by Crippen LogP contribution is -2.25. The molecule has 0 saturated heterocycles. The zero-order valence-corrected chi connectivity index (χ0v) is 8.87. The fourth-order valence-corrected chi connectivity index (χ4v) is 2.13. The van der Waals surface area contributed by atoms with Gasteiger partial charge in [0, 0.05) is 12.7 Å². The van der Waals surface area contributed by atoms with Crippen molar-refractivity contribution < 1.29 is 0 Å². The van der Waals surface area contributed by atoms with Gasteiger partial charge >= 0.3 is 0 Å². The van der Waals surface area contributed by atoms with Gasteiger partial charge in [-0.1, -0.05) is 37.5 Å². The average Bonchev–Trinajstić information content (AvgIpc) is 2.30. The molecular weight excluding hydrogens is 170 g/mol. The molecule has 1 radical (unpaired) electrons. The minimum absolute atomic E-state index is 1.28. The van der Waals surface area contributed by atoms with Crippen molar-refractivity contribution >= 4 is 5.69 Å². The lowest BCUT2D eigenvalue weighted by Gasteiger charge is -2.31. The summed E-state index contributed by atoms with van der Waals surface area (Å²) in [4.78, 5) is 2.36. The maximum absolute atomic E-state index is 2.36. The van der Waals surface area contributed by atoms with Crippen LogP contribution >= 0.6 is 0 Å². The summed E-state index contributed by atoms with van der Waals surface area (Å²) in [7, 11) is 2.19. The van der Waals surface area contributed by atoms with Gasteiger partial charge in [-0.05, 0) is 25.0 Å². The van der Waals surface area contributed by atoms with Crippen LogP contribution in [0.2, 0.25) is 0 Å². The molecule has 0 bridgehead atoms. The van der Waals surface area contributed by atoms with Gasteiger partial charge in [-0.3, -0.25) is 0 Å². The predicted octanol–water partition coefficient (Wildman–Crippen LogP) is 3.62. The number of benzene rings is 1. The first-order chi connectivity index (χ1) is 6.88. The first-order valence-corrected chi connectivity index (χ1v) is 5.51. The van der Waals surface area contributed by atoms with Crippen LogP contribution in [0.3, 0.4) is 0 Å². The van der Waals surface area contributed by atoms with E-state index < -0.39 is 0 Å². The molecule has 1 heteroatoms. The van der Waals surface area contributed by atoms with E-state index in [0.29, 0.717) is 0 Å². The molecule has 14 heavy (non-hydrogen) atoms. The van der Waals surface area contributed by atoms with Gasteiger partial charge in [-0.25, -0.2) is 0 Å². The van der Waals surface area contributed by atoms with Crippen molar-refractivity contribution in [3.05, 3.63) is 36.4 Å². The van der Waals surface area contributed by atoms with Gasteiger partial charge in [0.1, 0.15) is 0 Å². The highest BCUT2D eigenvalue weighted by Crippen LogP contribution is 2.31. The Kier molecular flexibility index (Phi) is 3.07. The first kappa shape index (κ1) is 9.57. The molecule has 0 heterocycles. The summed E-state index contributed by atoms with van der Waals surface area (Å²) in [5.41, 5.74) is 1.32. The lowest BCUT2D eigenvalue weighted by atomic mass is 9.94. The van der Waals surface area contributed by atoms with Gasteiger partial charge in [0.25, 0.3) is 0 Å². The molecular formula is C13H18N. The third-order valence-corrected chi connectivity index (χ3v) is 3.05. The highest BCUT2D eigenvalue weighted by atomic mass is 15.1. The molecule has 0 unspecified atom stereocenters. The van der Waals surface area contributed by atoms with Gasteiger partial charge in [0.2, 0.25) is 0 Å².